The van der Waals surface area contributed by atoms with Crippen LogP contribution in [-0.2, 0) is 4.79 Å². The quantitative estimate of drug-likeness (QED) is 0.648. The average molecular weight is 229 g/mol. The van der Waals surface area contributed by atoms with Crippen molar-refractivity contribution in [3.63, 3.8) is 0 Å². The topological polar surface area (TPSA) is 117 Å². The molecule has 0 unspecified atom stereocenters. The summed E-state index contributed by atoms with van der Waals surface area (Å²) in [6, 6.07) is 0. The Labute approximate surface area is 90.4 Å². The molecule has 1 rings (SSSR count). The number of carbonyl (C=O) groups excluding carboxylic acids is 1. The van der Waals surface area contributed by atoms with E-state index in [0.717, 1.165) is 0 Å². The number of rotatable bonds is 6. The zero-order valence-electron chi connectivity index (χ0n) is 8.58. The Morgan fingerprint density at radius 1 is 1.44 bits per heavy atom. The fraction of sp³-hybridized carbons (Fsp3) is 0.500. The fourth-order valence-electron chi connectivity index (χ4n) is 1.18. The van der Waals surface area contributed by atoms with E-state index in [1.165, 1.54) is 11.8 Å². The predicted molar refractivity (Wildman–Crippen MR) is 51.2 cm³/mol. The summed E-state index contributed by atoms with van der Waals surface area (Å²) < 4.78 is 4.30. The Kier molecular flexibility index (Phi) is 3.95. The predicted octanol–water partition coefficient (Wildman–Crippen LogP) is -0.845. The maximum Gasteiger partial charge on any atom is 0.362 e. The number of Topliss-reactive ketones (excluding diaryl/α,β-unsaturated/α-hetero) is 1. The smallest absolute Gasteiger partial charge is 0.362 e. The van der Waals surface area contributed by atoms with Crippen LogP contribution in [0.1, 0.15) is 17.4 Å². The van der Waals surface area contributed by atoms with Gasteiger partial charge >= 0.3 is 5.97 Å². The van der Waals surface area contributed by atoms with Crippen LogP contribution in [0, 0.1) is 0 Å². The van der Waals surface area contributed by atoms with Gasteiger partial charge in [0.15, 0.2) is 0 Å². The van der Waals surface area contributed by atoms with E-state index in [1.54, 1.807) is 0 Å². The van der Waals surface area contributed by atoms with Crippen molar-refractivity contribution in [1.29, 1.82) is 0 Å². The number of hydrogen-bond acceptors (Lipinski definition) is 7. The van der Waals surface area contributed by atoms with E-state index in [-0.39, 0.29) is 37.0 Å². The lowest BCUT2D eigenvalue weighted by molar-refractivity contribution is -0.115. The first-order valence-electron chi connectivity index (χ1n) is 4.47. The fourth-order valence-corrected chi connectivity index (χ4v) is 1.18. The van der Waals surface area contributed by atoms with Crippen LogP contribution >= 0.6 is 0 Å². The number of aromatic nitrogens is 2. The minimum atomic E-state index is -1.30. The minimum Gasteiger partial charge on any atom is -0.476 e. The summed E-state index contributed by atoms with van der Waals surface area (Å²) in [5, 5.41) is 24.2. The SMILES string of the molecule is CC(=O)CN(CCO)c1nonc1C(=O)O. The zero-order valence-corrected chi connectivity index (χ0v) is 8.58. The number of carboxylic acid groups (broad SMARTS) is 1. The van der Waals surface area contributed by atoms with Crippen molar-refractivity contribution in [1.82, 2.24) is 10.3 Å². The normalized spacial score (nSPS) is 10.1. The summed E-state index contributed by atoms with van der Waals surface area (Å²) in [6.45, 7) is 1.13. The van der Waals surface area contributed by atoms with E-state index < -0.39 is 5.97 Å². The number of ketones is 1. The second kappa shape index (κ2) is 5.21. The molecule has 0 aliphatic rings. The van der Waals surface area contributed by atoms with Crippen molar-refractivity contribution in [2.45, 2.75) is 6.92 Å². The van der Waals surface area contributed by atoms with Gasteiger partial charge in [-0.15, -0.1) is 0 Å². The third-order valence-electron chi connectivity index (χ3n) is 1.76. The van der Waals surface area contributed by atoms with Crippen LogP contribution in [0.2, 0.25) is 0 Å². The van der Waals surface area contributed by atoms with E-state index in [1.807, 2.05) is 0 Å². The lowest BCUT2D eigenvalue weighted by atomic mass is 10.3. The molecule has 16 heavy (non-hydrogen) atoms. The number of aliphatic hydroxyl groups is 1. The van der Waals surface area contributed by atoms with Crippen LogP contribution in [-0.4, -0.2) is 52.0 Å². The molecule has 0 atom stereocenters. The Hall–Kier alpha value is -1.96. The third kappa shape index (κ3) is 2.76. The number of aliphatic hydroxyl groups excluding tert-OH is 1. The molecular weight excluding hydrogens is 218 g/mol. The average Bonchev–Trinajstić information content (AvgIpc) is 2.64. The molecule has 0 amide bonds. The van der Waals surface area contributed by atoms with Crippen LogP contribution in [0.4, 0.5) is 5.82 Å². The Bertz CT molecular complexity index is 389. The van der Waals surface area contributed by atoms with Crippen LogP contribution in [0.5, 0.6) is 0 Å². The largest absolute Gasteiger partial charge is 0.476 e. The van der Waals surface area contributed by atoms with Crippen LogP contribution in [0.3, 0.4) is 0 Å². The molecule has 0 spiro atoms. The van der Waals surface area contributed by atoms with Crippen molar-refractivity contribution in [2.75, 3.05) is 24.6 Å². The second-order valence-electron chi connectivity index (χ2n) is 3.09. The zero-order chi connectivity index (χ0) is 12.1. The van der Waals surface area contributed by atoms with Gasteiger partial charge in [-0.25, -0.2) is 9.42 Å². The van der Waals surface area contributed by atoms with E-state index in [9.17, 15) is 9.59 Å². The molecule has 0 saturated carbocycles. The molecule has 1 aromatic rings. The monoisotopic (exact) mass is 229 g/mol. The van der Waals surface area contributed by atoms with Crippen LogP contribution < -0.4 is 4.90 Å². The summed E-state index contributed by atoms with van der Waals surface area (Å²) in [7, 11) is 0. The Morgan fingerprint density at radius 3 is 2.62 bits per heavy atom. The molecule has 1 aromatic heterocycles. The highest BCUT2D eigenvalue weighted by Gasteiger charge is 2.23. The van der Waals surface area contributed by atoms with Gasteiger partial charge < -0.3 is 15.1 Å². The second-order valence-corrected chi connectivity index (χ2v) is 3.09. The highest BCUT2D eigenvalue weighted by molar-refractivity contribution is 5.91. The first-order valence-corrected chi connectivity index (χ1v) is 4.47. The molecule has 2 N–H and O–H groups in total. The van der Waals surface area contributed by atoms with Crippen molar-refractivity contribution >= 4 is 17.6 Å². The first kappa shape index (κ1) is 12.1. The minimum absolute atomic E-state index is 0.0586. The molecule has 0 aromatic carbocycles. The van der Waals surface area contributed by atoms with Gasteiger partial charge in [-0.3, -0.25) is 4.79 Å². The van der Waals surface area contributed by atoms with E-state index >= 15 is 0 Å². The van der Waals surface area contributed by atoms with Gasteiger partial charge in [-0.2, -0.15) is 0 Å². The van der Waals surface area contributed by atoms with Gasteiger partial charge in [0.2, 0.25) is 11.5 Å². The molecular formula is C8H11N3O5. The number of aromatic carboxylic acids is 1. The van der Waals surface area contributed by atoms with Crippen molar-refractivity contribution in [3.05, 3.63) is 5.69 Å². The van der Waals surface area contributed by atoms with Gasteiger partial charge in [-0.1, -0.05) is 0 Å². The van der Waals surface area contributed by atoms with Gasteiger partial charge in [-0.05, 0) is 17.2 Å². The molecule has 0 saturated heterocycles. The lowest BCUT2D eigenvalue weighted by Crippen LogP contribution is -2.32. The molecule has 0 radical (unpaired) electrons. The number of carboxylic acids is 1. The molecule has 8 nitrogen and oxygen atoms in total. The summed E-state index contributed by atoms with van der Waals surface area (Å²) >= 11 is 0. The highest BCUT2D eigenvalue weighted by atomic mass is 16.6. The highest BCUT2D eigenvalue weighted by Crippen LogP contribution is 2.15. The van der Waals surface area contributed by atoms with Gasteiger partial charge in [0.1, 0.15) is 5.78 Å². The number of anilines is 1. The lowest BCUT2D eigenvalue weighted by Gasteiger charge is -2.18. The summed E-state index contributed by atoms with van der Waals surface area (Å²) in [5.41, 5.74) is -0.380. The number of carbonyl (C=O) groups is 2. The maximum atomic E-state index is 11.0. The molecule has 0 fully saturated rings. The first-order chi connectivity index (χ1) is 7.56. The van der Waals surface area contributed by atoms with Gasteiger partial charge in [0.05, 0.1) is 13.2 Å². The standard InChI is InChI=1S/C8H11N3O5/c1-5(13)4-11(2-3-12)7-6(8(14)15)9-16-10-7/h12H,2-4H2,1H3,(H,14,15). The summed E-state index contributed by atoms with van der Waals surface area (Å²) in [4.78, 5) is 23.0. The van der Waals surface area contributed by atoms with Crippen molar-refractivity contribution in [3.8, 4) is 0 Å². The van der Waals surface area contributed by atoms with Crippen molar-refractivity contribution < 1.29 is 24.4 Å². The molecule has 1 heterocycles. The van der Waals surface area contributed by atoms with E-state index in [2.05, 4.69) is 14.9 Å². The van der Waals surface area contributed by atoms with Gasteiger partial charge in [0, 0.05) is 6.54 Å². The Morgan fingerprint density at radius 2 is 2.12 bits per heavy atom. The molecule has 8 heteroatoms. The molecule has 0 aliphatic carbocycles. The molecule has 88 valence electrons. The van der Waals surface area contributed by atoms with E-state index in [0.29, 0.717) is 0 Å². The molecule has 0 bridgehead atoms. The number of hydrogen-bond donors (Lipinski definition) is 2. The third-order valence-corrected chi connectivity index (χ3v) is 1.76. The van der Waals surface area contributed by atoms with Crippen LogP contribution in [0.25, 0.3) is 0 Å². The van der Waals surface area contributed by atoms with Crippen molar-refractivity contribution in [2.24, 2.45) is 0 Å². The van der Waals surface area contributed by atoms with E-state index in [4.69, 9.17) is 10.2 Å². The van der Waals surface area contributed by atoms with Gasteiger partial charge in [0.25, 0.3) is 0 Å². The van der Waals surface area contributed by atoms with Crippen LogP contribution in [0.15, 0.2) is 4.63 Å². The number of nitrogens with zero attached hydrogens (tertiary/aromatic N) is 3. The Balaban J connectivity index is 2.95. The molecule has 0 aliphatic heterocycles. The maximum absolute atomic E-state index is 11.0. The summed E-state index contributed by atoms with van der Waals surface area (Å²) in [6.07, 6.45) is 0. The summed E-state index contributed by atoms with van der Waals surface area (Å²) in [5.74, 6) is -1.55.